The van der Waals surface area contributed by atoms with Gasteiger partial charge < -0.3 is 10.1 Å². The number of sulfone groups is 1. The molecule has 0 aliphatic carbocycles. The maximum Gasteiger partial charge on any atom is 0.178 e. The van der Waals surface area contributed by atoms with Crippen LogP contribution in [0.4, 0.5) is 4.39 Å². The highest BCUT2D eigenvalue weighted by Gasteiger charge is 2.33. The predicted octanol–water partition coefficient (Wildman–Crippen LogP) is 2.20. The summed E-state index contributed by atoms with van der Waals surface area (Å²) in [6, 6.07) is 3.91. The number of fused-ring (bicyclic) bond motifs is 1. The Balaban J connectivity index is 1.85. The third-order valence-corrected chi connectivity index (χ3v) is 6.16. The lowest BCUT2D eigenvalue weighted by Gasteiger charge is -2.31. The third-order valence-electron chi connectivity index (χ3n) is 4.34. The highest BCUT2D eigenvalue weighted by Crippen LogP contribution is 2.33. The molecular weight excluding hydrogens is 293 g/mol. The number of rotatable bonds is 3. The minimum absolute atomic E-state index is 0.0988. The molecule has 1 N–H and O–H groups in total. The summed E-state index contributed by atoms with van der Waals surface area (Å²) in [7, 11) is -3.28. The fourth-order valence-corrected chi connectivity index (χ4v) is 4.81. The zero-order valence-electron chi connectivity index (χ0n) is 12.0. The van der Waals surface area contributed by atoms with Gasteiger partial charge in [-0.3, -0.25) is 0 Å². The van der Waals surface area contributed by atoms with Crippen molar-refractivity contribution in [3.63, 3.8) is 0 Å². The molecule has 1 aromatic carbocycles. The number of hydrogen-bond donors (Lipinski definition) is 1. The second kappa shape index (κ2) is 5.66. The summed E-state index contributed by atoms with van der Waals surface area (Å²) >= 11 is 0. The molecule has 1 saturated heterocycles. The van der Waals surface area contributed by atoms with Crippen LogP contribution in [0.2, 0.25) is 0 Å². The molecule has 0 aromatic heterocycles. The van der Waals surface area contributed by atoms with E-state index < -0.39 is 15.7 Å². The van der Waals surface area contributed by atoms with Crippen LogP contribution in [-0.4, -0.2) is 32.9 Å². The van der Waals surface area contributed by atoms with E-state index in [1.807, 2.05) is 6.92 Å². The number of benzene rings is 1. The molecular formula is C15H20FNO3S. The normalized spacial score (nSPS) is 29.0. The summed E-state index contributed by atoms with van der Waals surface area (Å²) in [5.41, 5.74) is 0.547. The molecule has 2 aliphatic heterocycles. The molecule has 1 fully saturated rings. The van der Waals surface area contributed by atoms with Crippen molar-refractivity contribution in [2.75, 3.05) is 12.4 Å². The number of hydrogen-bond acceptors (Lipinski definition) is 4. The van der Waals surface area contributed by atoms with Crippen molar-refractivity contribution in [2.24, 2.45) is 0 Å². The minimum atomic E-state index is -3.28. The molecule has 6 heteroatoms. The van der Waals surface area contributed by atoms with Gasteiger partial charge in [0.1, 0.15) is 5.82 Å². The first-order valence-electron chi connectivity index (χ1n) is 7.37. The monoisotopic (exact) mass is 313 g/mol. The van der Waals surface area contributed by atoms with Crippen LogP contribution < -0.4 is 5.32 Å². The Labute approximate surface area is 124 Å². The molecule has 4 nitrogen and oxygen atoms in total. The molecule has 3 atom stereocenters. The maximum atomic E-state index is 13.5. The van der Waals surface area contributed by atoms with Crippen molar-refractivity contribution >= 4 is 9.84 Å². The Bertz CT molecular complexity index is 626. The van der Waals surface area contributed by atoms with Crippen LogP contribution in [0.1, 0.15) is 37.8 Å². The molecule has 0 saturated carbocycles. The molecule has 116 valence electrons. The summed E-state index contributed by atoms with van der Waals surface area (Å²) in [4.78, 5) is 0.257. The predicted molar refractivity (Wildman–Crippen MR) is 77.4 cm³/mol. The standard InChI is InChI=1S/C15H20FNO3S/c1-10(14-3-2-7-20-14)17-13-6-8-21(18,19)15-5-4-11(16)9-12(13)15/h4-5,9-10,13-14,17H,2-3,6-8H2,1H3. The Kier molecular flexibility index (Phi) is 4.03. The van der Waals surface area contributed by atoms with Crippen molar-refractivity contribution < 1.29 is 17.5 Å². The quantitative estimate of drug-likeness (QED) is 0.869. The second-order valence-electron chi connectivity index (χ2n) is 5.85. The van der Waals surface area contributed by atoms with Gasteiger partial charge in [-0.15, -0.1) is 0 Å². The van der Waals surface area contributed by atoms with E-state index >= 15 is 0 Å². The summed E-state index contributed by atoms with van der Waals surface area (Å²) in [5.74, 6) is -0.302. The molecule has 0 amide bonds. The van der Waals surface area contributed by atoms with Gasteiger partial charge in [-0.25, -0.2) is 12.8 Å². The Hall–Kier alpha value is -0.980. The summed E-state index contributed by atoms with van der Waals surface area (Å²) < 4.78 is 43.4. The Morgan fingerprint density at radius 2 is 2.19 bits per heavy atom. The molecule has 2 heterocycles. The summed E-state index contributed by atoms with van der Waals surface area (Å²) in [5, 5.41) is 3.43. The van der Waals surface area contributed by atoms with Crippen molar-refractivity contribution in [2.45, 2.75) is 49.3 Å². The number of nitrogens with one attached hydrogen (secondary N) is 1. The van der Waals surface area contributed by atoms with Crippen molar-refractivity contribution in [3.05, 3.63) is 29.6 Å². The van der Waals surface area contributed by atoms with Gasteiger partial charge in [0.15, 0.2) is 9.84 Å². The molecule has 1 aromatic rings. The molecule has 21 heavy (non-hydrogen) atoms. The van der Waals surface area contributed by atoms with Gasteiger partial charge in [-0.05, 0) is 49.9 Å². The molecule has 3 rings (SSSR count). The molecule has 0 spiro atoms. The highest BCUT2D eigenvalue weighted by atomic mass is 32.2. The third kappa shape index (κ3) is 2.98. The van der Waals surface area contributed by atoms with Crippen LogP contribution in [0, 0.1) is 5.82 Å². The lowest BCUT2D eigenvalue weighted by Crippen LogP contribution is -2.41. The fraction of sp³-hybridized carbons (Fsp3) is 0.600. The highest BCUT2D eigenvalue weighted by molar-refractivity contribution is 7.91. The maximum absolute atomic E-state index is 13.5. The molecule has 2 aliphatic rings. The lowest BCUT2D eigenvalue weighted by molar-refractivity contribution is 0.0792. The van der Waals surface area contributed by atoms with E-state index in [1.165, 1.54) is 18.2 Å². The zero-order valence-corrected chi connectivity index (χ0v) is 12.8. The topological polar surface area (TPSA) is 55.4 Å². The van der Waals surface area contributed by atoms with Gasteiger partial charge in [-0.1, -0.05) is 0 Å². The van der Waals surface area contributed by atoms with Gasteiger partial charge in [0.05, 0.1) is 16.8 Å². The van der Waals surface area contributed by atoms with Gasteiger partial charge in [0.2, 0.25) is 0 Å². The lowest BCUT2D eigenvalue weighted by atomic mass is 10.0. The zero-order chi connectivity index (χ0) is 15.0. The van der Waals surface area contributed by atoms with E-state index in [-0.39, 0.29) is 28.8 Å². The van der Waals surface area contributed by atoms with Crippen LogP contribution in [0.5, 0.6) is 0 Å². The second-order valence-corrected chi connectivity index (χ2v) is 7.93. The molecule has 0 radical (unpaired) electrons. The molecule has 3 unspecified atom stereocenters. The van der Waals surface area contributed by atoms with E-state index in [1.54, 1.807) is 0 Å². The Morgan fingerprint density at radius 3 is 2.90 bits per heavy atom. The average Bonchev–Trinajstić information content (AvgIpc) is 2.96. The largest absolute Gasteiger partial charge is 0.377 e. The van der Waals surface area contributed by atoms with E-state index in [4.69, 9.17) is 4.74 Å². The van der Waals surface area contributed by atoms with E-state index in [2.05, 4.69) is 5.32 Å². The SMILES string of the molecule is CC(NC1CCS(=O)(=O)c2ccc(F)cc21)C1CCCO1. The van der Waals surface area contributed by atoms with Crippen LogP contribution in [0.25, 0.3) is 0 Å². The minimum Gasteiger partial charge on any atom is -0.377 e. The average molecular weight is 313 g/mol. The fourth-order valence-electron chi connectivity index (χ4n) is 3.21. The van der Waals surface area contributed by atoms with Crippen LogP contribution in [0.15, 0.2) is 23.1 Å². The van der Waals surface area contributed by atoms with Gasteiger partial charge in [-0.2, -0.15) is 0 Å². The first-order chi connectivity index (χ1) is 9.97. The van der Waals surface area contributed by atoms with E-state index in [0.29, 0.717) is 12.0 Å². The first kappa shape index (κ1) is 14.9. The summed E-state index contributed by atoms with van der Waals surface area (Å²) in [6.07, 6.45) is 2.69. The summed E-state index contributed by atoms with van der Waals surface area (Å²) in [6.45, 7) is 2.82. The van der Waals surface area contributed by atoms with Gasteiger partial charge in [0, 0.05) is 18.7 Å². The van der Waals surface area contributed by atoms with Crippen molar-refractivity contribution in [1.82, 2.24) is 5.32 Å². The van der Waals surface area contributed by atoms with E-state index in [0.717, 1.165) is 19.4 Å². The van der Waals surface area contributed by atoms with Gasteiger partial charge in [0.25, 0.3) is 0 Å². The first-order valence-corrected chi connectivity index (χ1v) is 9.02. The molecule has 0 bridgehead atoms. The number of ether oxygens (including phenoxy) is 1. The van der Waals surface area contributed by atoms with Crippen molar-refractivity contribution in [3.8, 4) is 0 Å². The Morgan fingerprint density at radius 1 is 1.38 bits per heavy atom. The van der Waals surface area contributed by atoms with Crippen LogP contribution in [0.3, 0.4) is 0 Å². The van der Waals surface area contributed by atoms with E-state index in [9.17, 15) is 12.8 Å². The van der Waals surface area contributed by atoms with Crippen LogP contribution in [-0.2, 0) is 14.6 Å². The van der Waals surface area contributed by atoms with Crippen molar-refractivity contribution in [1.29, 1.82) is 0 Å². The van der Waals surface area contributed by atoms with Gasteiger partial charge >= 0.3 is 0 Å². The van der Waals surface area contributed by atoms with Crippen LogP contribution >= 0.6 is 0 Å². The number of halogens is 1. The smallest absolute Gasteiger partial charge is 0.178 e.